The van der Waals surface area contributed by atoms with Crippen molar-refractivity contribution < 1.29 is 19.5 Å². The topological polar surface area (TPSA) is 126 Å². The number of carboxylic acid groups (broad SMARTS) is 1. The third kappa shape index (κ3) is 6.28. The van der Waals surface area contributed by atoms with Crippen molar-refractivity contribution in [3.63, 3.8) is 0 Å². The van der Waals surface area contributed by atoms with E-state index in [1.165, 1.54) is 42.1 Å². The zero-order valence-corrected chi connectivity index (χ0v) is 20.5. The molecule has 3 aromatic rings. The normalized spacial score (nSPS) is 11.6. The Morgan fingerprint density at radius 2 is 1.82 bits per heavy atom. The summed E-state index contributed by atoms with van der Waals surface area (Å²) in [6.07, 6.45) is 0. The number of carboxylic acids is 1. The van der Waals surface area contributed by atoms with Gasteiger partial charge in [0, 0.05) is 17.3 Å². The molecule has 34 heavy (non-hydrogen) atoms. The van der Waals surface area contributed by atoms with Gasteiger partial charge in [0.2, 0.25) is 5.91 Å². The van der Waals surface area contributed by atoms with Crippen LogP contribution in [0.1, 0.15) is 46.4 Å². The number of aromatic carboxylic acids is 1. The first-order valence-electron chi connectivity index (χ1n) is 10.1. The number of rotatable bonds is 9. The number of hydrogen-bond donors (Lipinski definition) is 3. The smallest absolute Gasteiger partial charge is 0.335 e. The molecular weight excluding hydrogens is 501 g/mol. The van der Waals surface area contributed by atoms with Crippen LogP contribution in [-0.4, -0.2) is 43.4 Å². The third-order valence-corrected chi connectivity index (χ3v) is 6.23. The Bertz CT molecular complexity index is 1220. The van der Waals surface area contributed by atoms with Crippen molar-refractivity contribution in [2.75, 3.05) is 11.1 Å². The number of nitrogens with one attached hydrogen (secondary N) is 2. The van der Waals surface area contributed by atoms with Gasteiger partial charge in [0.05, 0.1) is 27.9 Å². The fourth-order valence-electron chi connectivity index (χ4n) is 3.06. The number of nitrogens with zero attached hydrogens (tertiary/aromatic N) is 3. The molecular formula is C22H21Cl2N5O4S. The van der Waals surface area contributed by atoms with Crippen molar-refractivity contribution in [1.29, 1.82) is 0 Å². The quantitative estimate of drug-likeness (QED) is 0.353. The van der Waals surface area contributed by atoms with Crippen LogP contribution in [0.15, 0.2) is 47.6 Å². The van der Waals surface area contributed by atoms with E-state index in [0.717, 1.165) is 0 Å². The van der Waals surface area contributed by atoms with E-state index >= 15 is 0 Å². The molecule has 2 amide bonds. The zero-order chi connectivity index (χ0) is 24.8. The number of halogens is 2. The summed E-state index contributed by atoms with van der Waals surface area (Å²) in [5, 5.41) is 24.1. The molecule has 0 fully saturated rings. The molecule has 9 nitrogen and oxygen atoms in total. The van der Waals surface area contributed by atoms with Gasteiger partial charge < -0.3 is 20.3 Å². The van der Waals surface area contributed by atoms with Gasteiger partial charge in [-0.15, -0.1) is 10.2 Å². The number of carbonyl (C=O) groups excluding carboxylic acids is 2. The zero-order valence-electron chi connectivity index (χ0n) is 18.2. The minimum atomic E-state index is -1.04. The molecule has 0 saturated carbocycles. The number of amides is 2. The van der Waals surface area contributed by atoms with E-state index in [-0.39, 0.29) is 28.2 Å². The van der Waals surface area contributed by atoms with Crippen LogP contribution in [0.3, 0.4) is 0 Å². The van der Waals surface area contributed by atoms with E-state index in [9.17, 15) is 14.4 Å². The largest absolute Gasteiger partial charge is 0.478 e. The van der Waals surface area contributed by atoms with Gasteiger partial charge in [-0.25, -0.2) is 4.79 Å². The Kier molecular flexibility index (Phi) is 8.54. The lowest BCUT2D eigenvalue weighted by molar-refractivity contribution is -0.113. The van der Waals surface area contributed by atoms with Gasteiger partial charge >= 0.3 is 5.97 Å². The van der Waals surface area contributed by atoms with Crippen LogP contribution >= 0.6 is 35.0 Å². The minimum Gasteiger partial charge on any atom is -0.478 e. The van der Waals surface area contributed by atoms with Gasteiger partial charge in [-0.1, -0.05) is 35.0 Å². The third-order valence-electron chi connectivity index (χ3n) is 4.72. The lowest BCUT2D eigenvalue weighted by Crippen LogP contribution is -2.29. The van der Waals surface area contributed by atoms with Crippen molar-refractivity contribution in [1.82, 2.24) is 20.1 Å². The van der Waals surface area contributed by atoms with E-state index in [0.29, 0.717) is 33.8 Å². The van der Waals surface area contributed by atoms with E-state index in [2.05, 4.69) is 20.8 Å². The molecule has 1 atom stereocenters. The first-order chi connectivity index (χ1) is 16.2. The maximum atomic E-state index is 12.6. The van der Waals surface area contributed by atoms with E-state index in [4.69, 9.17) is 28.3 Å². The first-order valence-corrected chi connectivity index (χ1v) is 11.9. The van der Waals surface area contributed by atoms with Crippen molar-refractivity contribution in [3.8, 4) is 0 Å². The average Bonchev–Trinajstić information content (AvgIpc) is 3.21. The highest BCUT2D eigenvalue weighted by atomic mass is 35.5. The molecule has 0 radical (unpaired) electrons. The van der Waals surface area contributed by atoms with E-state index in [1.54, 1.807) is 19.1 Å². The van der Waals surface area contributed by atoms with Gasteiger partial charge in [0.15, 0.2) is 11.0 Å². The van der Waals surface area contributed by atoms with Crippen LogP contribution in [0, 0.1) is 0 Å². The Hall–Kier alpha value is -3.08. The molecule has 3 N–H and O–H groups in total. The molecule has 3 rings (SSSR count). The Morgan fingerprint density at radius 1 is 1.12 bits per heavy atom. The van der Waals surface area contributed by atoms with Gasteiger partial charge in [-0.3, -0.25) is 9.59 Å². The summed E-state index contributed by atoms with van der Waals surface area (Å²) in [6.45, 7) is 4.22. The molecule has 0 aliphatic carbocycles. The molecule has 0 saturated heterocycles. The molecule has 1 aromatic heterocycles. The van der Waals surface area contributed by atoms with Gasteiger partial charge in [0.1, 0.15) is 0 Å². The Morgan fingerprint density at radius 3 is 2.44 bits per heavy atom. The van der Waals surface area contributed by atoms with E-state index in [1.807, 2.05) is 11.5 Å². The molecule has 12 heteroatoms. The number of aromatic nitrogens is 3. The summed E-state index contributed by atoms with van der Waals surface area (Å²) < 4.78 is 1.81. The summed E-state index contributed by atoms with van der Waals surface area (Å²) in [7, 11) is 0. The number of carbonyl (C=O) groups is 3. The van der Waals surface area contributed by atoms with Crippen molar-refractivity contribution in [2.24, 2.45) is 0 Å². The highest BCUT2D eigenvalue weighted by Crippen LogP contribution is 2.24. The van der Waals surface area contributed by atoms with Crippen LogP contribution < -0.4 is 10.6 Å². The molecule has 1 heterocycles. The summed E-state index contributed by atoms with van der Waals surface area (Å²) >= 11 is 13.2. The van der Waals surface area contributed by atoms with Crippen molar-refractivity contribution >= 4 is 58.4 Å². The van der Waals surface area contributed by atoms with Crippen LogP contribution in [-0.2, 0) is 11.3 Å². The van der Waals surface area contributed by atoms with Crippen LogP contribution in [0.4, 0.5) is 5.69 Å². The molecule has 2 aromatic carbocycles. The lowest BCUT2D eigenvalue weighted by Gasteiger charge is -2.15. The maximum Gasteiger partial charge on any atom is 0.335 e. The molecule has 0 aliphatic rings. The standard InChI is InChI=1S/C22H21Cl2N5O4S/c1-3-29-19(12(2)25-20(31)16-9-6-14(23)10-17(16)24)27-28-22(29)34-11-18(30)26-15-7-4-13(5-8-15)21(32)33/h4-10,12H,3,11H2,1-2H3,(H,25,31)(H,26,30)(H,32,33)/t12-/m1/s1. The van der Waals surface area contributed by atoms with Gasteiger partial charge in [0.25, 0.3) is 5.91 Å². The van der Waals surface area contributed by atoms with Crippen LogP contribution in [0.2, 0.25) is 10.0 Å². The SMILES string of the molecule is CCn1c(SCC(=O)Nc2ccc(C(=O)O)cc2)nnc1[C@@H](C)NC(=O)c1ccc(Cl)cc1Cl. The fourth-order valence-corrected chi connectivity index (χ4v) is 4.36. The minimum absolute atomic E-state index is 0.0694. The Labute approximate surface area is 209 Å². The van der Waals surface area contributed by atoms with Gasteiger partial charge in [-0.2, -0.15) is 0 Å². The molecule has 0 spiro atoms. The number of benzene rings is 2. The Balaban J connectivity index is 1.62. The van der Waals surface area contributed by atoms with Crippen molar-refractivity contribution in [3.05, 3.63) is 69.5 Å². The molecule has 0 unspecified atom stereocenters. The number of thioether (sulfide) groups is 1. The average molecular weight is 522 g/mol. The summed E-state index contributed by atoms with van der Waals surface area (Å²) in [5.74, 6) is -1.08. The summed E-state index contributed by atoms with van der Waals surface area (Å²) in [5.41, 5.74) is 0.920. The second kappa shape index (κ2) is 11.4. The highest BCUT2D eigenvalue weighted by molar-refractivity contribution is 7.99. The number of hydrogen-bond acceptors (Lipinski definition) is 6. The van der Waals surface area contributed by atoms with Crippen molar-refractivity contribution in [2.45, 2.75) is 31.6 Å². The van der Waals surface area contributed by atoms with Crippen LogP contribution in [0.25, 0.3) is 0 Å². The van der Waals surface area contributed by atoms with Gasteiger partial charge in [-0.05, 0) is 56.3 Å². The number of anilines is 1. The molecule has 178 valence electrons. The summed E-state index contributed by atoms with van der Waals surface area (Å²) in [4.78, 5) is 35.9. The second-order valence-corrected chi connectivity index (χ2v) is 8.91. The predicted octanol–water partition coefficient (Wildman–Crippen LogP) is 4.52. The predicted molar refractivity (Wildman–Crippen MR) is 131 cm³/mol. The molecule has 0 aliphatic heterocycles. The lowest BCUT2D eigenvalue weighted by atomic mass is 10.2. The monoisotopic (exact) mass is 521 g/mol. The van der Waals surface area contributed by atoms with Crippen LogP contribution in [0.5, 0.6) is 0 Å². The second-order valence-electron chi connectivity index (χ2n) is 7.12. The summed E-state index contributed by atoms with van der Waals surface area (Å²) in [6, 6.07) is 10.0. The highest BCUT2D eigenvalue weighted by Gasteiger charge is 2.21. The maximum absolute atomic E-state index is 12.6. The fraction of sp³-hybridized carbons (Fsp3) is 0.227. The van der Waals surface area contributed by atoms with E-state index < -0.39 is 12.0 Å². The first kappa shape index (κ1) is 25.5. The molecule has 0 bridgehead atoms.